The smallest absolute Gasteiger partial charge is 0.108 e. The molecule has 1 aromatic heterocycles. The summed E-state index contributed by atoms with van der Waals surface area (Å²) in [6.45, 7) is 1.09. The van der Waals surface area contributed by atoms with Gasteiger partial charge in [0.05, 0.1) is 5.70 Å². The number of nitrogens with one attached hydrogen (secondary N) is 1. The van der Waals surface area contributed by atoms with E-state index in [1.807, 2.05) is 0 Å². The van der Waals surface area contributed by atoms with E-state index in [9.17, 15) is 0 Å². The van der Waals surface area contributed by atoms with E-state index in [4.69, 9.17) is 4.99 Å². The molecular formula is C20H19N3. The molecule has 1 unspecified atom stereocenters. The van der Waals surface area contributed by atoms with Crippen LogP contribution in [0.25, 0.3) is 10.9 Å². The summed E-state index contributed by atoms with van der Waals surface area (Å²) in [5.41, 5.74) is 5.06. The zero-order chi connectivity index (χ0) is 15.2. The van der Waals surface area contributed by atoms with Crippen molar-refractivity contribution in [2.45, 2.75) is 25.2 Å². The van der Waals surface area contributed by atoms with Gasteiger partial charge in [-0.1, -0.05) is 30.4 Å². The van der Waals surface area contributed by atoms with Gasteiger partial charge in [0.1, 0.15) is 5.84 Å². The van der Waals surface area contributed by atoms with Crippen LogP contribution in [0.3, 0.4) is 0 Å². The highest BCUT2D eigenvalue weighted by Crippen LogP contribution is 2.40. The number of aliphatic imine (C=N–C) groups is 1. The predicted octanol–water partition coefficient (Wildman–Crippen LogP) is 4.49. The van der Waals surface area contributed by atoms with Crippen LogP contribution in [0.2, 0.25) is 0 Å². The third-order valence-electron chi connectivity index (χ3n) is 5.11. The Morgan fingerprint density at radius 3 is 3.13 bits per heavy atom. The first-order chi connectivity index (χ1) is 11.4. The molecule has 1 atom stereocenters. The summed E-state index contributed by atoms with van der Waals surface area (Å²) in [6.07, 6.45) is 14.4. The lowest BCUT2D eigenvalue weighted by molar-refractivity contribution is 0.603. The van der Waals surface area contributed by atoms with E-state index in [0.29, 0.717) is 5.92 Å². The molecule has 3 heterocycles. The van der Waals surface area contributed by atoms with Crippen molar-refractivity contribution in [3.63, 3.8) is 0 Å². The van der Waals surface area contributed by atoms with Gasteiger partial charge in [0.25, 0.3) is 0 Å². The minimum atomic E-state index is 0.337. The summed E-state index contributed by atoms with van der Waals surface area (Å²) in [7, 11) is 0. The van der Waals surface area contributed by atoms with Gasteiger partial charge >= 0.3 is 0 Å². The maximum atomic E-state index is 5.10. The summed E-state index contributed by atoms with van der Waals surface area (Å²) < 4.78 is 0. The lowest BCUT2D eigenvalue weighted by Crippen LogP contribution is -2.17. The normalized spacial score (nSPS) is 23.0. The zero-order valence-electron chi connectivity index (χ0n) is 13.0. The molecule has 1 N–H and O–H groups in total. The Morgan fingerprint density at radius 1 is 1.17 bits per heavy atom. The molecule has 23 heavy (non-hydrogen) atoms. The summed E-state index contributed by atoms with van der Waals surface area (Å²) in [5.74, 6) is 1.57. The fraction of sp³-hybridized carbons (Fsp3) is 0.250. The van der Waals surface area contributed by atoms with Gasteiger partial charge in [0, 0.05) is 42.2 Å². The highest BCUT2D eigenvalue weighted by atomic mass is 15.2. The summed E-state index contributed by atoms with van der Waals surface area (Å²) in [5, 5.41) is 1.32. The van der Waals surface area contributed by atoms with Crippen LogP contribution in [0.5, 0.6) is 0 Å². The topological polar surface area (TPSA) is 31.4 Å². The molecule has 3 aliphatic rings. The number of hydrogen-bond donors (Lipinski definition) is 1. The Morgan fingerprint density at radius 2 is 2.13 bits per heavy atom. The second-order valence-corrected chi connectivity index (χ2v) is 6.46. The molecule has 114 valence electrons. The molecule has 0 amide bonds. The molecule has 0 spiro atoms. The average Bonchev–Trinajstić information content (AvgIpc) is 3.17. The van der Waals surface area contributed by atoms with Crippen molar-refractivity contribution < 1.29 is 0 Å². The van der Waals surface area contributed by atoms with Crippen LogP contribution in [-0.4, -0.2) is 22.3 Å². The number of H-pyrrole nitrogens is 1. The van der Waals surface area contributed by atoms with Crippen molar-refractivity contribution in [2.75, 3.05) is 6.54 Å². The molecule has 1 aliphatic carbocycles. The lowest BCUT2D eigenvalue weighted by atomic mass is 9.86. The molecule has 1 saturated heterocycles. The van der Waals surface area contributed by atoms with Crippen LogP contribution < -0.4 is 0 Å². The van der Waals surface area contributed by atoms with E-state index < -0.39 is 0 Å². The molecule has 0 radical (unpaired) electrons. The van der Waals surface area contributed by atoms with E-state index in [1.165, 1.54) is 40.0 Å². The SMILES string of the molecule is C1=CC2=C(N=C3CCCN3C=C2)C(c2c[nH]c3ccccc23)C1. The van der Waals surface area contributed by atoms with E-state index in [2.05, 4.69) is 64.8 Å². The van der Waals surface area contributed by atoms with E-state index >= 15 is 0 Å². The Balaban J connectivity index is 1.66. The first kappa shape index (κ1) is 12.9. The summed E-state index contributed by atoms with van der Waals surface area (Å²) in [6, 6.07) is 8.55. The second kappa shape index (κ2) is 4.98. The number of aromatic nitrogens is 1. The van der Waals surface area contributed by atoms with Crippen molar-refractivity contribution in [1.29, 1.82) is 0 Å². The average molecular weight is 301 g/mol. The Labute approximate surface area is 135 Å². The van der Waals surface area contributed by atoms with Crippen molar-refractivity contribution >= 4 is 16.7 Å². The van der Waals surface area contributed by atoms with Crippen LogP contribution in [-0.2, 0) is 0 Å². The number of rotatable bonds is 1. The van der Waals surface area contributed by atoms with Gasteiger partial charge in [0.15, 0.2) is 0 Å². The maximum absolute atomic E-state index is 5.10. The molecular weight excluding hydrogens is 282 g/mol. The highest BCUT2D eigenvalue weighted by Gasteiger charge is 2.27. The fourth-order valence-electron chi connectivity index (χ4n) is 3.94. The minimum absolute atomic E-state index is 0.337. The molecule has 0 bridgehead atoms. The Kier molecular flexibility index (Phi) is 2.80. The number of para-hydroxylation sites is 1. The summed E-state index contributed by atoms with van der Waals surface area (Å²) in [4.78, 5) is 10.8. The number of allylic oxidation sites excluding steroid dienone is 5. The predicted molar refractivity (Wildman–Crippen MR) is 94.3 cm³/mol. The Bertz CT molecular complexity index is 895. The first-order valence-corrected chi connectivity index (χ1v) is 8.39. The second-order valence-electron chi connectivity index (χ2n) is 6.46. The molecule has 3 heteroatoms. The molecule has 2 aliphatic heterocycles. The van der Waals surface area contributed by atoms with Crippen LogP contribution in [0, 0.1) is 0 Å². The molecule has 2 aromatic rings. The largest absolute Gasteiger partial charge is 0.361 e. The zero-order valence-corrected chi connectivity index (χ0v) is 13.0. The van der Waals surface area contributed by atoms with Crippen LogP contribution in [0.15, 0.2) is 71.2 Å². The minimum Gasteiger partial charge on any atom is -0.361 e. The van der Waals surface area contributed by atoms with Crippen LogP contribution in [0.4, 0.5) is 0 Å². The van der Waals surface area contributed by atoms with Crippen LogP contribution >= 0.6 is 0 Å². The molecule has 0 saturated carbocycles. The van der Waals surface area contributed by atoms with Gasteiger partial charge in [-0.15, -0.1) is 0 Å². The molecule has 1 fully saturated rings. The van der Waals surface area contributed by atoms with E-state index in [-0.39, 0.29) is 0 Å². The van der Waals surface area contributed by atoms with Crippen molar-refractivity contribution in [1.82, 2.24) is 9.88 Å². The van der Waals surface area contributed by atoms with Gasteiger partial charge in [0.2, 0.25) is 0 Å². The lowest BCUT2D eigenvalue weighted by Gasteiger charge is -2.21. The molecule has 1 aromatic carbocycles. The number of aromatic amines is 1. The van der Waals surface area contributed by atoms with Gasteiger partial charge in [-0.3, -0.25) is 0 Å². The number of fused-ring (bicyclic) bond motifs is 2. The monoisotopic (exact) mass is 301 g/mol. The summed E-state index contributed by atoms with van der Waals surface area (Å²) >= 11 is 0. The Hall–Kier alpha value is -2.55. The highest BCUT2D eigenvalue weighted by molar-refractivity contribution is 5.88. The van der Waals surface area contributed by atoms with Crippen molar-refractivity contribution in [2.24, 2.45) is 4.99 Å². The molecule has 5 rings (SSSR count). The number of amidine groups is 1. The third-order valence-corrected chi connectivity index (χ3v) is 5.11. The van der Waals surface area contributed by atoms with Crippen molar-refractivity contribution in [3.8, 4) is 0 Å². The quantitative estimate of drug-likeness (QED) is 0.827. The fourth-order valence-corrected chi connectivity index (χ4v) is 3.94. The number of nitrogens with zero attached hydrogens (tertiary/aromatic N) is 2. The van der Waals surface area contributed by atoms with E-state index in [1.54, 1.807) is 0 Å². The van der Waals surface area contributed by atoms with Crippen molar-refractivity contribution in [3.05, 3.63) is 71.7 Å². The first-order valence-electron chi connectivity index (χ1n) is 8.39. The van der Waals surface area contributed by atoms with Gasteiger partial charge < -0.3 is 9.88 Å². The maximum Gasteiger partial charge on any atom is 0.108 e. The van der Waals surface area contributed by atoms with Gasteiger partial charge in [-0.25, -0.2) is 4.99 Å². The number of hydrogen-bond acceptors (Lipinski definition) is 2. The standard InChI is InChI=1S/C20H19N3/c1-2-8-18-15(6-1)17(13-21-18)16-7-3-5-14-10-12-23-11-4-9-19(23)22-20(14)16/h1-3,5-6,8,10,12-13,16,21H,4,7,9,11H2. The molecule has 3 nitrogen and oxygen atoms in total. The number of benzene rings is 1. The van der Waals surface area contributed by atoms with Gasteiger partial charge in [-0.05, 0) is 36.1 Å². The van der Waals surface area contributed by atoms with Crippen LogP contribution in [0.1, 0.15) is 30.7 Å². The third kappa shape index (κ3) is 2.00. The van der Waals surface area contributed by atoms with Gasteiger partial charge in [-0.2, -0.15) is 0 Å². The van der Waals surface area contributed by atoms with E-state index in [0.717, 1.165) is 19.4 Å².